The first-order valence-corrected chi connectivity index (χ1v) is 7.66. The molecule has 0 atom stereocenters. The number of aromatic amines is 1. The highest BCUT2D eigenvalue weighted by molar-refractivity contribution is 5.88. The van der Waals surface area contributed by atoms with Crippen molar-refractivity contribution in [2.24, 2.45) is 0 Å². The van der Waals surface area contributed by atoms with E-state index < -0.39 is 0 Å². The van der Waals surface area contributed by atoms with Crippen LogP contribution < -0.4 is 16.2 Å². The fraction of sp³-hybridized carbons (Fsp3) is 0.375. The summed E-state index contributed by atoms with van der Waals surface area (Å²) in [6.45, 7) is 0.290. The summed E-state index contributed by atoms with van der Waals surface area (Å²) in [6.07, 6.45) is 2.41. The van der Waals surface area contributed by atoms with Crippen molar-refractivity contribution >= 4 is 22.6 Å². The Labute approximate surface area is 132 Å². The van der Waals surface area contributed by atoms with Gasteiger partial charge in [0.05, 0.1) is 17.5 Å². The number of rotatable bonds is 6. The number of benzene rings is 1. The summed E-state index contributed by atoms with van der Waals surface area (Å²) in [5.74, 6) is -0.269. The molecule has 1 aromatic heterocycles. The molecular formula is C16H18N4O3. The van der Waals surface area contributed by atoms with E-state index in [4.69, 9.17) is 0 Å². The van der Waals surface area contributed by atoms with Gasteiger partial charge in [-0.1, -0.05) is 18.2 Å². The number of amides is 2. The van der Waals surface area contributed by atoms with Crippen LogP contribution in [0.2, 0.25) is 0 Å². The topological polar surface area (TPSA) is 104 Å². The Kier molecular flexibility index (Phi) is 4.36. The van der Waals surface area contributed by atoms with Crippen molar-refractivity contribution in [2.75, 3.05) is 6.54 Å². The van der Waals surface area contributed by atoms with E-state index in [9.17, 15) is 14.4 Å². The van der Waals surface area contributed by atoms with E-state index in [-0.39, 0.29) is 30.2 Å². The maximum absolute atomic E-state index is 12.0. The summed E-state index contributed by atoms with van der Waals surface area (Å²) in [5, 5.41) is 13.1. The molecule has 1 aliphatic carbocycles. The SMILES string of the molecule is O=C(Cc1n[nH]c(=O)c2ccccc12)NCCC(=O)NC1CC1. The maximum atomic E-state index is 12.0. The van der Waals surface area contributed by atoms with Gasteiger partial charge < -0.3 is 10.6 Å². The molecule has 0 bridgehead atoms. The third kappa shape index (κ3) is 3.94. The van der Waals surface area contributed by atoms with Crippen LogP contribution in [0.1, 0.15) is 25.0 Å². The standard InChI is InChI=1S/C16H18N4O3/c21-14(18-10-5-6-10)7-8-17-15(22)9-13-11-3-1-2-4-12(11)16(23)20-19-13/h1-4,10H,5-9H2,(H,17,22)(H,18,21)(H,20,23). The van der Waals surface area contributed by atoms with Crippen LogP contribution in [0.4, 0.5) is 0 Å². The van der Waals surface area contributed by atoms with Gasteiger partial charge in [0.2, 0.25) is 11.8 Å². The normalized spacial score (nSPS) is 13.7. The number of nitrogens with zero attached hydrogens (tertiary/aromatic N) is 1. The second-order valence-electron chi connectivity index (χ2n) is 5.66. The van der Waals surface area contributed by atoms with E-state index in [0.717, 1.165) is 12.8 Å². The van der Waals surface area contributed by atoms with Crippen molar-refractivity contribution < 1.29 is 9.59 Å². The Morgan fingerprint density at radius 1 is 1.17 bits per heavy atom. The van der Waals surface area contributed by atoms with Crippen LogP contribution in [-0.2, 0) is 16.0 Å². The van der Waals surface area contributed by atoms with Gasteiger partial charge in [-0.2, -0.15) is 5.10 Å². The highest BCUT2D eigenvalue weighted by Crippen LogP contribution is 2.18. The average Bonchev–Trinajstić information content (AvgIpc) is 3.34. The van der Waals surface area contributed by atoms with Crippen molar-refractivity contribution in [2.45, 2.75) is 31.7 Å². The van der Waals surface area contributed by atoms with Crippen molar-refractivity contribution in [1.29, 1.82) is 0 Å². The number of hydrogen-bond acceptors (Lipinski definition) is 4. The Balaban J connectivity index is 1.56. The van der Waals surface area contributed by atoms with Gasteiger partial charge in [-0.3, -0.25) is 14.4 Å². The number of nitrogens with one attached hydrogen (secondary N) is 3. The zero-order valence-corrected chi connectivity index (χ0v) is 12.6. The second kappa shape index (κ2) is 6.60. The first-order chi connectivity index (χ1) is 11.1. The minimum Gasteiger partial charge on any atom is -0.355 e. The van der Waals surface area contributed by atoms with Crippen LogP contribution in [0, 0.1) is 0 Å². The fourth-order valence-electron chi connectivity index (χ4n) is 2.36. The fourth-order valence-corrected chi connectivity index (χ4v) is 2.36. The van der Waals surface area contributed by atoms with Gasteiger partial charge >= 0.3 is 0 Å². The minimum atomic E-state index is -0.276. The highest BCUT2D eigenvalue weighted by atomic mass is 16.2. The smallest absolute Gasteiger partial charge is 0.272 e. The van der Waals surface area contributed by atoms with Crippen LogP contribution >= 0.6 is 0 Å². The lowest BCUT2D eigenvalue weighted by Crippen LogP contribution is -2.32. The zero-order valence-electron chi connectivity index (χ0n) is 12.6. The number of carbonyl (C=O) groups excluding carboxylic acids is 2. The van der Waals surface area contributed by atoms with Gasteiger partial charge in [-0.25, -0.2) is 5.10 Å². The molecular weight excluding hydrogens is 296 g/mol. The van der Waals surface area contributed by atoms with Crippen LogP contribution in [0.3, 0.4) is 0 Å². The molecule has 0 saturated heterocycles. The van der Waals surface area contributed by atoms with Crippen molar-refractivity contribution in [1.82, 2.24) is 20.8 Å². The summed E-state index contributed by atoms with van der Waals surface area (Å²) in [6, 6.07) is 7.35. The van der Waals surface area contributed by atoms with Gasteiger partial charge in [-0.05, 0) is 18.9 Å². The number of carbonyl (C=O) groups is 2. The molecule has 1 fully saturated rings. The molecule has 1 aliphatic rings. The molecule has 3 rings (SSSR count). The summed E-state index contributed by atoms with van der Waals surface area (Å²) in [7, 11) is 0. The molecule has 2 amide bonds. The Morgan fingerprint density at radius 3 is 2.65 bits per heavy atom. The number of H-pyrrole nitrogens is 1. The molecule has 0 spiro atoms. The highest BCUT2D eigenvalue weighted by Gasteiger charge is 2.22. The number of fused-ring (bicyclic) bond motifs is 1. The van der Waals surface area contributed by atoms with Crippen LogP contribution in [0.15, 0.2) is 29.1 Å². The molecule has 1 saturated carbocycles. The van der Waals surface area contributed by atoms with Gasteiger partial charge in [-0.15, -0.1) is 0 Å². The van der Waals surface area contributed by atoms with E-state index in [1.165, 1.54) is 0 Å². The van der Waals surface area contributed by atoms with Crippen molar-refractivity contribution in [3.05, 3.63) is 40.3 Å². The van der Waals surface area contributed by atoms with E-state index in [1.807, 2.05) is 0 Å². The molecule has 1 aromatic carbocycles. The van der Waals surface area contributed by atoms with Crippen LogP contribution in [0.5, 0.6) is 0 Å². The molecule has 1 heterocycles. The average molecular weight is 314 g/mol. The predicted octanol–water partition coefficient (Wildman–Crippen LogP) is 0.250. The van der Waals surface area contributed by atoms with Crippen LogP contribution in [-0.4, -0.2) is 34.6 Å². The third-order valence-corrected chi connectivity index (χ3v) is 3.72. The van der Waals surface area contributed by atoms with Gasteiger partial charge in [0, 0.05) is 24.4 Å². The number of aromatic nitrogens is 2. The Morgan fingerprint density at radius 2 is 1.91 bits per heavy atom. The third-order valence-electron chi connectivity index (χ3n) is 3.72. The molecule has 7 nitrogen and oxygen atoms in total. The molecule has 2 aromatic rings. The second-order valence-corrected chi connectivity index (χ2v) is 5.66. The Hall–Kier alpha value is -2.70. The molecule has 0 unspecified atom stereocenters. The van der Waals surface area contributed by atoms with Gasteiger partial charge in [0.1, 0.15) is 0 Å². The summed E-state index contributed by atoms with van der Waals surface area (Å²) >= 11 is 0. The first-order valence-electron chi connectivity index (χ1n) is 7.66. The maximum Gasteiger partial charge on any atom is 0.272 e. The minimum absolute atomic E-state index is 0.0413. The monoisotopic (exact) mass is 314 g/mol. The van der Waals surface area contributed by atoms with Crippen LogP contribution in [0.25, 0.3) is 10.8 Å². The predicted molar refractivity (Wildman–Crippen MR) is 84.9 cm³/mol. The molecule has 3 N–H and O–H groups in total. The Bertz CT molecular complexity index is 795. The van der Waals surface area contributed by atoms with E-state index in [0.29, 0.717) is 29.1 Å². The summed E-state index contributed by atoms with van der Waals surface area (Å²) < 4.78 is 0. The van der Waals surface area contributed by atoms with Gasteiger partial charge in [0.15, 0.2) is 0 Å². The quantitative estimate of drug-likeness (QED) is 0.711. The van der Waals surface area contributed by atoms with E-state index >= 15 is 0 Å². The van der Waals surface area contributed by atoms with E-state index in [2.05, 4.69) is 20.8 Å². The lowest BCUT2D eigenvalue weighted by atomic mass is 10.1. The molecule has 120 valence electrons. The molecule has 7 heteroatoms. The molecule has 0 radical (unpaired) electrons. The van der Waals surface area contributed by atoms with Crippen molar-refractivity contribution in [3.8, 4) is 0 Å². The zero-order chi connectivity index (χ0) is 16.2. The lowest BCUT2D eigenvalue weighted by molar-refractivity contribution is -0.122. The summed E-state index contributed by atoms with van der Waals surface area (Å²) in [4.78, 5) is 35.2. The first kappa shape index (κ1) is 15.2. The number of hydrogen-bond donors (Lipinski definition) is 3. The van der Waals surface area contributed by atoms with Gasteiger partial charge in [0.25, 0.3) is 5.56 Å². The largest absolute Gasteiger partial charge is 0.355 e. The summed E-state index contributed by atoms with van der Waals surface area (Å²) in [5.41, 5.74) is 0.238. The molecule has 0 aliphatic heterocycles. The lowest BCUT2D eigenvalue weighted by Gasteiger charge is -2.07. The van der Waals surface area contributed by atoms with Crippen molar-refractivity contribution in [3.63, 3.8) is 0 Å². The van der Waals surface area contributed by atoms with E-state index in [1.54, 1.807) is 24.3 Å². The molecule has 23 heavy (non-hydrogen) atoms.